The number of benzene rings is 4. The Hall–Kier alpha value is -3.91. The van der Waals surface area contributed by atoms with Crippen LogP contribution >= 0.6 is 0 Å². The van der Waals surface area contributed by atoms with Crippen LogP contribution in [0.25, 0.3) is 49.7 Å². The standard InChI is InChI=1S/C39H43N2/c1-24-19-25(2)26(3)30(20-24)36-23-37(29-13-11-12-14-33(29)40(36)10)41-34-17-15-27(38(4,5)6)21-31(34)32-22-28(39(7,8)9)16-18-35(32)41/h11-23H,1-10H3/q+1. The fourth-order valence-corrected chi connectivity index (χ4v) is 6.38. The second kappa shape index (κ2) is 9.31. The van der Waals surface area contributed by atoms with Crippen molar-refractivity contribution in [1.82, 2.24) is 4.57 Å². The molecule has 2 aromatic heterocycles. The molecule has 6 aromatic rings. The summed E-state index contributed by atoms with van der Waals surface area (Å²) in [5.74, 6) is 0. The quantitative estimate of drug-likeness (QED) is 0.194. The van der Waals surface area contributed by atoms with Gasteiger partial charge in [0.05, 0.1) is 22.1 Å². The average molecular weight is 540 g/mol. The topological polar surface area (TPSA) is 8.81 Å². The summed E-state index contributed by atoms with van der Waals surface area (Å²) in [7, 11) is 2.20. The second-order valence-electron chi connectivity index (χ2n) is 14.0. The number of pyridine rings is 1. The maximum atomic E-state index is 2.51. The van der Waals surface area contributed by atoms with Crippen LogP contribution in [0, 0.1) is 20.8 Å². The minimum atomic E-state index is 0.0746. The summed E-state index contributed by atoms with van der Waals surface area (Å²) in [6.45, 7) is 20.5. The van der Waals surface area contributed by atoms with Gasteiger partial charge in [-0.3, -0.25) is 0 Å². The van der Waals surface area contributed by atoms with Crippen LogP contribution in [0.4, 0.5) is 0 Å². The molecule has 0 spiro atoms. The molecule has 2 heteroatoms. The van der Waals surface area contributed by atoms with Crippen LogP contribution in [0.2, 0.25) is 0 Å². The molecule has 0 amide bonds. The Balaban J connectivity index is 1.78. The van der Waals surface area contributed by atoms with Crippen LogP contribution in [-0.4, -0.2) is 4.57 Å². The number of aromatic nitrogens is 2. The van der Waals surface area contributed by atoms with Crippen molar-refractivity contribution < 1.29 is 4.57 Å². The highest BCUT2D eigenvalue weighted by atomic mass is 15.0. The molecule has 0 unspecified atom stereocenters. The van der Waals surface area contributed by atoms with Crippen molar-refractivity contribution in [3.8, 4) is 16.9 Å². The molecule has 2 heterocycles. The van der Waals surface area contributed by atoms with Gasteiger partial charge in [-0.1, -0.05) is 77.4 Å². The number of hydrogen-bond acceptors (Lipinski definition) is 0. The Labute approximate surface area is 245 Å². The molecule has 6 rings (SSSR count). The Kier molecular flexibility index (Phi) is 6.19. The Morgan fingerprint density at radius 2 is 1.17 bits per heavy atom. The third kappa shape index (κ3) is 4.45. The predicted molar refractivity (Wildman–Crippen MR) is 177 cm³/mol. The third-order valence-electron chi connectivity index (χ3n) is 9.00. The van der Waals surface area contributed by atoms with E-state index < -0.39 is 0 Å². The third-order valence-corrected chi connectivity index (χ3v) is 9.00. The molecule has 0 saturated heterocycles. The van der Waals surface area contributed by atoms with Crippen molar-refractivity contribution in [3.05, 3.63) is 107 Å². The van der Waals surface area contributed by atoms with Gasteiger partial charge in [0.25, 0.3) is 0 Å². The number of hydrogen-bond donors (Lipinski definition) is 0. The van der Waals surface area contributed by atoms with Gasteiger partial charge in [0.1, 0.15) is 7.05 Å². The second-order valence-corrected chi connectivity index (χ2v) is 14.0. The monoisotopic (exact) mass is 539 g/mol. The SMILES string of the molecule is Cc1cc(C)c(C)c(-c2cc(-n3c4ccc(C(C)(C)C)cc4c4cc(C(C)(C)C)ccc43)c3ccccc3[n+]2C)c1. The van der Waals surface area contributed by atoms with Gasteiger partial charge in [0.2, 0.25) is 11.2 Å². The summed E-state index contributed by atoms with van der Waals surface area (Å²) in [5.41, 5.74) is 14.3. The molecular weight excluding hydrogens is 496 g/mol. The highest BCUT2D eigenvalue weighted by Gasteiger charge is 2.25. The number of para-hydroxylation sites is 1. The zero-order valence-corrected chi connectivity index (χ0v) is 26.4. The lowest BCUT2D eigenvalue weighted by Gasteiger charge is -2.19. The maximum absolute atomic E-state index is 2.51. The lowest BCUT2D eigenvalue weighted by atomic mass is 9.85. The first-order valence-electron chi connectivity index (χ1n) is 14.9. The zero-order chi connectivity index (χ0) is 29.4. The molecule has 0 bridgehead atoms. The first-order valence-corrected chi connectivity index (χ1v) is 14.9. The zero-order valence-electron chi connectivity index (χ0n) is 26.4. The van der Waals surface area contributed by atoms with E-state index in [1.165, 1.54) is 77.5 Å². The number of nitrogens with zero attached hydrogens (tertiary/aromatic N) is 2. The van der Waals surface area contributed by atoms with Gasteiger partial charge in [0.15, 0.2) is 0 Å². The van der Waals surface area contributed by atoms with Gasteiger partial charge in [-0.25, -0.2) is 0 Å². The van der Waals surface area contributed by atoms with E-state index in [-0.39, 0.29) is 10.8 Å². The molecule has 0 N–H and O–H groups in total. The van der Waals surface area contributed by atoms with Gasteiger partial charge in [0, 0.05) is 28.5 Å². The van der Waals surface area contributed by atoms with E-state index in [9.17, 15) is 0 Å². The Bertz CT molecular complexity index is 1920. The van der Waals surface area contributed by atoms with Crippen molar-refractivity contribution >= 4 is 32.7 Å². The molecule has 0 aliphatic heterocycles. The molecule has 0 fully saturated rings. The largest absolute Gasteiger partial charge is 0.308 e. The van der Waals surface area contributed by atoms with Crippen molar-refractivity contribution in [2.75, 3.05) is 0 Å². The van der Waals surface area contributed by atoms with Crippen LogP contribution in [0.1, 0.15) is 69.4 Å². The molecule has 0 atom stereocenters. The summed E-state index contributed by atoms with van der Waals surface area (Å²) in [4.78, 5) is 0. The first kappa shape index (κ1) is 27.3. The number of fused-ring (bicyclic) bond motifs is 4. The van der Waals surface area contributed by atoms with E-state index in [0.29, 0.717) is 0 Å². The first-order chi connectivity index (χ1) is 19.3. The van der Waals surface area contributed by atoms with Gasteiger partial charge in [-0.05, 0) is 90.3 Å². The van der Waals surface area contributed by atoms with Crippen LogP contribution in [0.5, 0.6) is 0 Å². The molecule has 208 valence electrons. The minimum absolute atomic E-state index is 0.0746. The van der Waals surface area contributed by atoms with E-state index in [4.69, 9.17) is 0 Å². The van der Waals surface area contributed by atoms with Gasteiger partial charge < -0.3 is 4.57 Å². The summed E-state index contributed by atoms with van der Waals surface area (Å²) >= 11 is 0. The fraction of sp³-hybridized carbons (Fsp3) is 0.308. The molecule has 0 saturated carbocycles. The molecule has 0 aliphatic carbocycles. The van der Waals surface area contributed by atoms with Crippen molar-refractivity contribution in [1.29, 1.82) is 0 Å². The normalized spacial score (nSPS) is 12.6. The summed E-state index contributed by atoms with van der Waals surface area (Å²) in [6.07, 6.45) is 0. The lowest BCUT2D eigenvalue weighted by molar-refractivity contribution is -0.633. The molecule has 4 aromatic carbocycles. The Morgan fingerprint density at radius 1 is 0.610 bits per heavy atom. The smallest absolute Gasteiger partial charge is 0.215 e. The van der Waals surface area contributed by atoms with Crippen LogP contribution < -0.4 is 4.57 Å². The molecular formula is C39H43N2+. The van der Waals surface area contributed by atoms with Crippen molar-refractivity contribution in [3.63, 3.8) is 0 Å². The molecule has 0 radical (unpaired) electrons. The van der Waals surface area contributed by atoms with Crippen LogP contribution in [0.15, 0.2) is 78.9 Å². The summed E-state index contributed by atoms with van der Waals surface area (Å²) < 4.78 is 4.87. The lowest BCUT2D eigenvalue weighted by Crippen LogP contribution is -2.33. The van der Waals surface area contributed by atoms with E-state index >= 15 is 0 Å². The average Bonchev–Trinajstić information content (AvgIpc) is 3.23. The van der Waals surface area contributed by atoms with E-state index in [0.717, 1.165) is 0 Å². The van der Waals surface area contributed by atoms with Gasteiger partial charge in [-0.15, -0.1) is 0 Å². The number of aryl methyl sites for hydroxylation is 3. The van der Waals surface area contributed by atoms with E-state index in [1.807, 2.05) is 0 Å². The number of rotatable bonds is 2. The van der Waals surface area contributed by atoms with Crippen LogP contribution in [-0.2, 0) is 17.9 Å². The fourth-order valence-electron chi connectivity index (χ4n) is 6.38. The maximum Gasteiger partial charge on any atom is 0.215 e. The predicted octanol–water partition coefficient (Wildman–Crippen LogP) is 9.95. The molecule has 2 nitrogen and oxygen atoms in total. The van der Waals surface area contributed by atoms with E-state index in [2.05, 4.69) is 157 Å². The highest BCUT2D eigenvalue weighted by molar-refractivity contribution is 6.11. The van der Waals surface area contributed by atoms with Crippen molar-refractivity contribution in [2.45, 2.75) is 73.1 Å². The van der Waals surface area contributed by atoms with Gasteiger partial charge in [-0.2, -0.15) is 4.57 Å². The summed E-state index contributed by atoms with van der Waals surface area (Å²) in [5, 5.41) is 3.89. The highest BCUT2D eigenvalue weighted by Crippen LogP contribution is 2.39. The van der Waals surface area contributed by atoms with E-state index in [1.54, 1.807) is 0 Å². The molecule has 41 heavy (non-hydrogen) atoms. The van der Waals surface area contributed by atoms with Gasteiger partial charge >= 0.3 is 0 Å². The molecule has 0 aliphatic rings. The van der Waals surface area contributed by atoms with Crippen LogP contribution in [0.3, 0.4) is 0 Å². The Morgan fingerprint density at radius 3 is 1.73 bits per heavy atom. The van der Waals surface area contributed by atoms with Crippen molar-refractivity contribution in [2.24, 2.45) is 7.05 Å². The minimum Gasteiger partial charge on any atom is -0.308 e. The summed E-state index contributed by atoms with van der Waals surface area (Å²) in [6, 6.07) is 30.1.